The highest BCUT2D eigenvalue weighted by molar-refractivity contribution is 5.35. The molecule has 0 heterocycles. The molecule has 13 heavy (non-hydrogen) atoms. The Labute approximate surface area is 75.6 Å². The van der Waals surface area contributed by atoms with Crippen LogP contribution in [0.3, 0.4) is 0 Å². The molecule has 1 aliphatic rings. The van der Waals surface area contributed by atoms with Gasteiger partial charge in [0.25, 0.3) is 0 Å². The first-order valence-corrected chi connectivity index (χ1v) is 4.25. The lowest BCUT2D eigenvalue weighted by Gasteiger charge is -2.09. The highest BCUT2D eigenvalue weighted by Gasteiger charge is 2.48. The zero-order chi connectivity index (χ0) is 9.64. The van der Waals surface area contributed by atoms with Crippen LogP contribution in [0.15, 0.2) is 18.2 Å². The first-order chi connectivity index (χ1) is 6.04. The molecule has 1 aromatic carbocycles. The summed E-state index contributed by atoms with van der Waals surface area (Å²) >= 11 is 0. The van der Waals surface area contributed by atoms with E-state index in [1.54, 1.807) is 6.07 Å². The van der Waals surface area contributed by atoms with Gasteiger partial charge in [0, 0.05) is 11.5 Å². The topological polar surface area (TPSA) is 26.0 Å². The Morgan fingerprint density at radius 3 is 2.46 bits per heavy atom. The van der Waals surface area contributed by atoms with E-state index in [4.69, 9.17) is 5.73 Å². The van der Waals surface area contributed by atoms with Gasteiger partial charge in [0.1, 0.15) is 0 Å². The Morgan fingerprint density at radius 2 is 2.00 bits per heavy atom. The van der Waals surface area contributed by atoms with Crippen molar-refractivity contribution in [1.29, 1.82) is 0 Å². The first kappa shape index (κ1) is 8.63. The van der Waals surface area contributed by atoms with Crippen LogP contribution in [0.4, 0.5) is 8.78 Å². The Kier molecular flexibility index (Phi) is 1.67. The molecule has 2 atom stereocenters. The van der Waals surface area contributed by atoms with Gasteiger partial charge < -0.3 is 5.73 Å². The molecule has 2 rings (SSSR count). The van der Waals surface area contributed by atoms with Gasteiger partial charge in [-0.25, -0.2) is 8.78 Å². The van der Waals surface area contributed by atoms with Crippen molar-refractivity contribution in [3.63, 3.8) is 0 Å². The lowest BCUT2D eigenvalue weighted by atomic mass is 9.97. The molecule has 0 bridgehead atoms. The van der Waals surface area contributed by atoms with Gasteiger partial charge in [-0.15, -0.1) is 0 Å². The molecule has 3 heteroatoms. The van der Waals surface area contributed by atoms with Crippen molar-refractivity contribution in [2.24, 2.45) is 5.73 Å². The van der Waals surface area contributed by atoms with Crippen LogP contribution in [0.25, 0.3) is 0 Å². The van der Waals surface area contributed by atoms with Crippen LogP contribution in [-0.2, 0) is 5.41 Å². The summed E-state index contributed by atoms with van der Waals surface area (Å²) in [6, 6.07) is 4.08. The van der Waals surface area contributed by atoms with Crippen LogP contribution in [0.2, 0.25) is 0 Å². The Hall–Kier alpha value is -0.960. The maximum absolute atomic E-state index is 12.8. The van der Waals surface area contributed by atoms with Crippen molar-refractivity contribution in [3.8, 4) is 0 Å². The van der Waals surface area contributed by atoms with Crippen molar-refractivity contribution in [3.05, 3.63) is 35.4 Å². The van der Waals surface area contributed by atoms with Crippen molar-refractivity contribution >= 4 is 0 Å². The minimum atomic E-state index is -0.804. The van der Waals surface area contributed by atoms with E-state index >= 15 is 0 Å². The Morgan fingerprint density at radius 1 is 1.38 bits per heavy atom. The van der Waals surface area contributed by atoms with Crippen molar-refractivity contribution < 1.29 is 8.78 Å². The van der Waals surface area contributed by atoms with E-state index in [-0.39, 0.29) is 11.5 Å². The Bertz CT molecular complexity index is 351. The molecule has 0 spiro atoms. The molecule has 0 aliphatic heterocycles. The molecule has 70 valence electrons. The third kappa shape index (κ3) is 1.23. The molecule has 1 nitrogen and oxygen atoms in total. The van der Waals surface area contributed by atoms with Crippen LogP contribution in [-0.4, -0.2) is 6.04 Å². The number of halogens is 2. The summed E-state index contributed by atoms with van der Waals surface area (Å²) in [5, 5.41) is 0. The summed E-state index contributed by atoms with van der Waals surface area (Å²) in [4.78, 5) is 0. The fourth-order valence-electron chi connectivity index (χ4n) is 1.58. The number of nitrogens with two attached hydrogens (primary N) is 1. The lowest BCUT2D eigenvalue weighted by Crippen LogP contribution is -2.14. The second-order valence-electron chi connectivity index (χ2n) is 3.86. The fraction of sp³-hybridized carbons (Fsp3) is 0.400. The molecular formula is C10H11F2N. The van der Waals surface area contributed by atoms with E-state index in [0.29, 0.717) is 0 Å². The van der Waals surface area contributed by atoms with Crippen LogP contribution >= 0.6 is 0 Å². The Balaban J connectivity index is 2.38. The van der Waals surface area contributed by atoms with E-state index in [9.17, 15) is 8.78 Å². The second kappa shape index (κ2) is 2.51. The molecule has 1 aromatic rings. The zero-order valence-electron chi connectivity index (χ0n) is 7.35. The average molecular weight is 183 g/mol. The molecule has 0 unspecified atom stereocenters. The summed E-state index contributed by atoms with van der Waals surface area (Å²) in [6.07, 6.45) is 0.845. The van der Waals surface area contributed by atoms with Gasteiger partial charge in [-0.2, -0.15) is 0 Å². The van der Waals surface area contributed by atoms with E-state index in [0.717, 1.165) is 18.1 Å². The third-order valence-corrected chi connectivity index (χ3v) is 2.88. The van der Waals surface area contributed by atoms with Crippen molar-refractivity contribution in [1.82, 2.24) is 0 Å². The molecule has 1 fully saturated rings. The number of rotatable bonds is 1. The van der Waals surface area contributed by atoms with Crippen molar-refractivity contribution in [2.75, 3.05) is 0 Å². The number of hydrogen-bond donors (Lipinski definition) is 1. The summed E-state index contributed by atoms with van der Waals surface area (Å²) in [7, 11) is 0. The van der Waals surface area contributed by atoms with E-state index in [1.165, 1.54) is 6.07 Å². The predicted molar refractivity (Wildman–Crippen MR) is 46.3 cm³/mol. The molecule has 2 N–H and O–H groups in total. The minimum Gasteiger partial charge on any atom is -0.327 e. The molecular weight excluding hydrogens is 172 g/mol. The SMILES string of the molecule is C[C@@]1(c2ccc(F)c(F)c2)C[C@H]1N. The highest BCUT2D eigenvalue weighted by atomic mass is 19.2. The quantitative estimate of drug-likeness (QED) is 0.707. The zero-order valence-corrected chi connectivity index (χ0v) is 7.35. The van der Waals surface area contributed by atoms with Gasteiger partial charge in [0.15, 0.2) is 11.6 Å². The fourth-order valence-corrected chi connectivity index (χ4v) is 1.58. The summed E-state index contributed by atoms with van der Waals surface area (Å²) in [6.45, 7) is 1.96. The normalized spacial score (nSPS) is 31.8. The highest BCUT2D eigenvalue weighted by Crippen LogP contribution is 2.46. The maximum Gasteiger partial charge on any atom is 0.159 e. The lowest BCUT2D eigenvalue weighted by molar-refractivity contribution is 0.505. The van der Waals surface area contributed by atoms with E-state index in [1.807, 2.05) is 6.92 Å². The predicted octanol–water partition coefficient (Wildman–Crippen LogP) is 1.95. The molecule has 0 amide bonds. The van der Waals surface area contributed by atoms with E-state index in [2.05, 4.69) is 0 Å². The minimum absolute atomic E-state index is 0.0809. The molecule has 0 radical (unpaired) electrons. The largest absolute Gasteiger partial charge is 0.327 e. The summed E-state index contributed by atoms with van der Waals surface area (Å²) < 4.78 is 25.4. The first-order valence-electron chi connectivity index (χ1n) is 4.25. The average Bonchev–Trinajstić information content (AvgIpc) is 2.67. The van der Waals surface area contributed by atoms with E-state index < -0.39 is 11.6 Å². The standard InChI is InChI=1S/C10H11F2N/c1-10(5-9(10)13)6-2-3-7(11)8(12)4-6/h2-4,9H,5,13H2,1H3/t9-,10+/m1/s1. The van der Waals surface area contributed by atoms with Crippen molar-refractivity contribution in [2.45, 2.75) is 24.8 Å². The van der Waals surface area contributed by atoms with Crippen LogP contribution in [0, 0.1) is 11.6 Å². The molecule has 0 aromatic heterocycles. The monoisotopic (exact) mass is 183 g/mol. The van der Waals surface area contributed by atoms with Crippen LogP contribution in [0.5, 0.6) is 0 Å². The van der Waals surface area contributed by atoms with Crippen LogP contribution in [0.1, 0.15) is 18.9 Å². The second-order valence-corrected chi connectivity index (χ2v) is 3.86. The molecule has 0 saturated heterocycles. The molecule has 1 aliphatic carbocycles. The maximum atomic E-state index is 12.8. The van der Waals surface area contributed by atoms with Gasteiger partial charge in [-0.05, 0) is 24.1 Å². The van der Waals surface area contributed by atoms with Gasteiger partial charge in [0.05, 0.1) is 0 Å². The van der Waals surface area contributed by atoms with Gasteiger partial charge >= 0.3 is 0 Å². The summed E-state index contributed by atoms with van der Waals surface area (Å²) in [5.41, 5.74) is 6.35. The smallest absolute Gasteiger partial charge is 0.159 e. The van der Waals surface area contributed by atoms with Gasteiger partial charge in [-0.1, -0.05) is 13.0 Å². The van der Waals surface area contributed by atoms with Gasteiger partial charge in [-0.3, -0.25) is 0 Å². The molecule has 1 saturated carbocycles. The van der Waals surface area contributed by atoms with Crippen LogP contribution < -0.4 is 5.73 Å². The number of benzene rings is 1. The van der Waals surface area contributed by atoms with Gasteiger partial charge in [0.2, 0.25) is 0 Å². The summed E-state index contributed by atoms with van der Waals surface area (Å²) in [5.74, 6) is -1.60. The third-order valence-electron chi connectivity index (χ3n) is 2.88. The number of hydrogen-bond acceptors (Lipinski definition) is 1.